The summed E-state index contributed by atoms with van der Waals surface area (Å²) in [5.41, 5.74) is 2.47. The molecule has 0 spiro atoms. The lowest BCUT2D eigenvalue weighted by Crippen LogP contribution is -2.08. The monoisotopic (exact) mass is 287 g/mol. The molecule has 3 nitrogen and oxygen atoms in total. The van der Waals surface area contributed by atoms with Crippen molar-refractivity contribution >= 4 is 29.3 Å². The summed E-state index contributed by atoms with van der Waals surface area (Å²) in [7, 11) is 0. The summed E-state index contributed by atoms with van der Waals surface area (Å²) in [6.45, 7) is 1.90. The summed E-state index contributed by atoms with van der Waals surface area (Å²) in [6, 6.07) is 11.9. The molecule has 0 bridgehead atoms. The highest BCUT2D eigenvalue weighted by Crippen LogP contribution is 2.20. The summed E-state index contributed by atoms with van der Waals surface area (Å²) in [4.78, 5) is 11.8. The van der Waals surface area contributed by atoms with Crippen LogP contribution in [-0.4, -0.2) is 11.0 Å². The molecule has 0 aliphatic heterocycles. The van der Waals surface area contributed by atoms with Crippen LogP contribution in [0.25, 0.3) is 6.08 Å². The van der Waals surface area contributed by atoms with Crippen molar-refractivity contribution in [3.05, 3.63) is 64.7 Å². The third kappa shape index (κ3) is 3.87. The second-order valence-electron chi connectivity index (χ2n) is 4.37. The van der Waals surface area contributed by atoms with Gasteiger partial charge < -0.3 is 10.4 Å². The number of hydrogen-bond acceptors (Lipinski definition) is 2. The minimum atomic E-state index is -0.233. The van der Waals surface area contributed by atoms with Gasteiger partial charge in [-0.15, -0.1) is 0 Å². The minimum Gasteiger partial charge on any atom is -0.508 e. The Hall–Kier alpha value is -2.26. The number of halogens is 1. The minimum absolute atomic E-state index is 0.196. The van der Waals surface area contributed by atoms with Gasteiger partial charge in [0, 0.05) is 16.8 Å². The smallest absolute Gasteiger partial charge is 0.248 e. The molecule has 0 atom stereocenters. The highest BCUT2D eigenvalue weighted by molar-refractivity contribution is 6.31. The fraction of sp³-hybridized carbons (Fsp3) is 0.0625. The Morgan fingerprint density at radius 3 is 2.60 bits per heavy atom. The van der Waals surface area contributed by atoms with Gasteiger partial charge in [0.1, 0.15) is 5.75 Å². The van der Waals surface area contributed by atoms with Gasteiger partial charge in [0.05, 0.1) is 0 Å². The van der Waals surface area contributed by atoms with Gasteiger partial charge in [-0.1, -0.05) is 29.8 Å². The van der Waals surface area contributed by atoms with Crippen LogP contribution in [0.4, 0.5) is 5.69 Å². The molecule has 102 valence electrons. The molecular weight excluding hydrogens is 274 g/mol. The molecular formula is C16H14ClNO2. The van der Waals surface area contributed by atoms with Crippen LogP contribution in [0, 0.1) is 6.92 Å². The molecule has 0 unspecified atom stereocenters. The van der Waals surface area contributed by atoms with Gasteiger partial charge >= 0.3 is 0 Å². The molecule has 1 amide bonds. The Balaban J connectivity index is 2.05. The number of anilines is 1. The maximum Gasteiger partial charge on any atom is 0.248 e. The van der Waals surface area contributed by atoms with Crippen molar-refractivity contribution < 1.29 is 9.90 Å². The van der Waals surface area contributed by atoms with E-state index in [1.54, 1.807) is 42.5 Å². The third-order valence-corrected chi connectivity index (χ3v) is 3.01. The summed E-state index contributed by atoms with van der Waals surface area (Å²) in [6.07, 6.45) is 3.11. The number of benzene rings is 2. The van der Waals surface area contributed by atoms with Crippen molar-refractivity contribution in [1.29, 1.82) is 0 Å². The number of aryl methyl sites for hydroxylation is 1. The third-order valence-electron chi connectivity index (χ3n) is 2.78. The van der Waals surface area contributed by atoms with Gasteiger partial charge in [-0.3, -0.25) is 4.79 Å². The molecule has 0 radical (unpaired) electrons. The molecule has 0 aliphatic rings. The number of carbonyl (C=O) groups excluding carboxylic acids is 1. The Kier molecular flexibility index (Phi) is 4.43. The van der Waals surface area contributed by atoms with E-state index in [0.29, 0.717) is 10.7 Å². The van der Waals surface area contributed by atoms with Crippen LogP contribution in [0.1, 0.15) is 11.1 Å². The van der Waals surface area contributed by atoms with E-state index in [1.807, 2.05) is 13.0 Å². The largest absolute Gasteiger partial charge is 0.508 e. The zero-order valence-electron chi connectivity index (χ0n) is 10.9. The lowest BCUT2D eigenvalue weighted by molar-refractivity contribution is -0.111. The molecule has 0 fully saturated rings. The van der Waals surface area contributed by atoms with E-state index < -0.39 is 0 Å². The number of phenolic OH excluding ortho intramolecular Hbond substituents is 1. The molecule has 4 heteroatoms. The molecule has 2 aromatic carbocycles. The first-order valence-electron chi connectivity index (χ1n) is 6.09. The first kappa shape index (κ1) is 14.2. The second kappa shape index (κ2) is 6.26. The summed E-state index contributed by atoms with van der Waals surface area (Å²) in [5, 5.41) is 12.5. The van der Waals surface area contributed by atoms with Gasteiger partial charge in [-0.25, -0.2) is 0 Å². The molecule has 0 aromatic heterocycles. The molecule has 2 aromatic rings. The summed E-state index contributed by atoms with van der Waals surface area (Å²) >= 11 is 5.90. The standard InChI is InChI=1S/C16H14ClNO2/c1-11-2-6-13(17)10-15(11)18-16(20)9-5-12-3-7-14(19)8-4-12/h2-10,19H,1H3,(H,18,20)/b9-5+. The zero-order chi connectivity index (χ0) is 14.5. The van der Waals surface area contributed by atoms with E-state index in [1.165, 1.54) is 6.08 Å². The molecule has 0 heterocycles. The Bertz CT molecular complexity index is 648. The Morgan fingerprint density at radius 2 is 1.90 bits per heavy atom. The maximum atomic E-state index is 11.8. The predicted octanol–water partition coefficient (Wildman–Crippen LogP) is 4.01. The molecule has 2 rings (SSSR count). The summed E-state index contributed by atoms with van der Waals surface area (Å²) in [5.74, 6) is -0.0374. The number of hydrogen-bond donors (Lipinski definition) is 2. The number of carbonyl (C=O) groups is 1. The van der Waals surface area contributed by atoms with E-state index >= 15 is 0 Å². The molecule has 0 saturated heterocycles. The lowest BCUT2D eigenvalue weighted by Gasteiger charge is -2.06. The average Bonchev–Trinajstić information content (AvgIpc) is 2.42. The van der Waals surface area contributed by atoms with E-state index in [9.17, 15) is 4.79 Å². The fourth-order valence-electron chi connectivity index (χ4n) is 1.66. The quantitative estimate of drug-likeness (QED) is 0.838. The second-order valence-corrected chi connectivity index (χ2v) is 4.81. The normalized spacial score (nSPS) is 10.7. The molecule has 20 heavy (non-hydrogen) atoms. The number of nitrogens with one attached hydrogen (secondary N) is 1. The lowest BCUT2D eigenvalue weighted by atomic mass is 10.2. The first-order chi connectivity index (χ1) is 9.54. The van der Waals surface area contributed by atoms with Crippen LogP contribution in [0.15, 0.2) is 48.5 Å². The van der Waals surface area contributed by atoms with Crippen molar-refractivity contribution in [2.45, 2.75) is 6.92 Å². The highest BCUT2D eigenvalue weighted by atomic mass is 35.5. The maximum absolute atomic E-state index is 11.8. The van der Waals surface area contributed by atoms with Gasteiger partial charge in [-0.05, 0) is 48.4 Å². The van der Waals surface area contributed by atoms with Crippen molar-refractivity contribution in [2.75, 3.05) is 5.32 Å². The van der Waals surface area contributed by atoms with Crippen LogP contribution >= 0.6 is 11.6 Å². The van der Waals surface area contributed by atoms with Crippen molar-refractivity contribution in [3.8, 4) is 5.75 Å². The van der Waals surface area contributed by atoms with Crippen LogP contribution in [0.5, 0.6) is 5.75 Å². The zero-order valence-corrected chi connectivity index (χ0v) is 11.7. The summed E-state index contributed by atoms with van der Waals surface area (Å²) < 4.78 is 0. The molecule has 0 saturated carbocycles. The highest BCUT2D eigenvalue weighted by Gasteiger charge is 2.02. The number of aromatic hydroxyl groups is 1. The number of rotatable bonds is 3. The predicted molar refractivity (Wildman–Crippen MR) is 82.0 cm³/mol. The van der Waals surface area contributed by atoms with Crippen molar-refractivity contribution in [3.63, 3.8) is 0 Å². The van der Waals surface area contributed by atoms with E-state index in [2.05, 4.69) is 5.32 Å². The SMILES string of the molecule is Cc1ccc(Cl)cc1NC(=O)/C=C/c1ccc(O)cc1. The number of amides is 1. The van der Waals surface area contributed by atoms with Crippen LogP contribution in [-0.2, 0) is 4.79 Å². The van der Waals surface area contributed by atoms with Crippen LogP contribution in [0.3, 0.4) is 0 Å². The van der Waals surface area contributed by atoms with Gasteiger partial charge in [-0.2, -0.15) is 0 Å². The van der Waals surface area contributed by atoms with Crippen LogP contribution < -0.4 is 5.32 Å². The molecule has 0 aliphatic carbocycles. The number of phenols is 1. The van der Waals surface area contributed by atoms with Crippen molar-refractivity contribution in [1.82, 2.24) is 0 Å². The van der Waals surface area contributed by atoms with E-state index in [-0.39, 0.29) is 11.7 Å². The Labute approximate surface area is 122 Å². The van der Waals surface area contributed by atoms with Gasteiger partial charge in [0.25, 0.3) is 0 Å². The topological polar surface area (TPSA) is 49.3 Å². The van der Waals surface area contributed by atoms with E-state index in [0.717, 1.165) is 11.1 Å². The molecule has 2 N–H and O–H groups in total. The first-order valence-corrected chi connectivity index (χ1v) is 6.46. The Morgan fingerprint density at radius 1 is 1.20 bits per heavy atom. The van der Waals surface area contributed by atoms with Crippen molar-refractivity contribution in [2.24, 2.45) is 0 Å². The van der Waals surface area contributed by atoms with Gasteiger partial charge in [0.2, 0.25) is 5.91 Å². The van der Waals surface area contributed by atoms with E-state index in [4.69, 9.17) is 16.7 Å². The average molecular weight is 288 g/mol. The van der Waals surface area contributed by atoms with Gasteiger partial charge in [0.15, 0.2) is 0 Å². The van der Waals surface area contributed by atoms with Crippen LogP contribution in [0.2, 0.25) is 5.02 Å². The fourth-order valence-corrected chi connectivity index (χ4v) is 1.83.